The van der Waals surface area contributed by atoms with Gasteiger partial charge in [0, 0.05) is 29.7 Å². The van der Waals surface area contributed by atoms with E-state index < -0.39 is 10.0 Å². The van der Waals surface area contributed by atoms with Crippen LogP contribution < -0.4 is 10.6 Å². The summed E-state index contributed by atoms with van der Waals surface area (Å²) in [7, 11) is -3.33. The molecule has 1 unspecified atom stereocenters. The Morgan fingerprint density at radius 3 is 2.67 bits per heavy atom. The van der Waals surface area contributed by atoms with E-state index >= 15 is 0 Å². The van der Waals surface area contributed by atoms with Crippen LogP contribution in [0.15, 0.2) is 23.2 Å². The fourth-order valence-electron chi connectivity index (χ4n) is 2.68. The third kappa shape index (κ3) is 6.80. The molecule has 2 N–H and O–H groups in total. The third-order valence-corrected chi connectivity index (χ3v) is 6.52. The third-order valence-electron chi connectivity index (χ3n) is 4.11. The molecular weight excluding hydrogens is 411 g/mol. The van der Waals surface area contributed by atoms with E-state index in [9.17, 15) is 8.42 Å². The SMILES string of the molecule is CCNC(=NCCS(=O)(=O)N1CCOCC1)NC(C)c1ccc(Cl)cc1Cl. The molecule has 1 aromatic rings. The molecule has 1 aliphatic heterocycles. The number of benzene rings is 1. The summed E-state index contributed by atoms with van der Waals surface area (Å²) in [6.07, 6.45) is 0. The second-order valence-corrected chi connectivity index (χ2v) is 9.05. The highest BCUT2D eigenvalue weighted by atomic mass is 35.5. The van der Waals surface area contributed by atoms with Gasteiger partial charge in [0.15, 0.2) is 5.96 Å². The number of hydrogen-bond donors (Lipinski definition) is 2. The minimum absolute atomic E-state index is 0.0420. The van der Waals surface area contributed by atoms with Crippen molar-refractivity contribution in [1.29, 1.82) is 0 Å². The fraction of sp³-hybridized carbons (Fsp3) is 0.588. The van der Waals surface area contributed by atoms with Crippen LogP contribution >= 0.6 is 23.2 Å². The average molecular weight is 437 g/mol. The first-order valence-electron chi connectivity index (χ1n) is 8.89. The summed E-state index contributed by atoms with van der Waals surface area (Å²) in [5.74, 6) is 0.493. The van der Waals surface area contributed by atoms with Gasteiger partial charge in [-0.2, -0.15) is 4.31 Å². The van der Waals surface area contributed by atoms with Gasteiger partial charge in [-0.1, -0.05) is 29.3 Å². The van der Waals surface area contributed by atoms with Crippen LogP contribution in [0, 0.1) is 0 Å². The van der Waals surface area contributed by atoms with Crippen molar-refractivity contribution in [3.63, 3.8) is 0 Å². The molecule has 0 amide bonds. The molecule has 2 rings (SSSR count). The second-order valence-electron chi connectivity index (χ2n) is 6.12. The number of nitrogens with one attached hydrogen (secondary N) is 2. The highest BCUT2D eigenvalue weighted by Crippen LogP contribution is 2.25. The van der Waals surface area contributed by atoms with Crippen LogP contribution in [0.3, 0.4) is 0 Å². The van der Waals surface area contributed by atoms with E-state index in [2.05, 4.69) is 15.6 Å². The molecule has 0 radical (unpaired) electrons. The first-order valence-corrected chi connectivity index (χ1v) is 11.3. The van der Waals surface area contributed by atoms with Gasteiger partial charge in [-0.25, -0.2) is 8.42 Å². The number of aliphatic imine (C=N–C) groups is 1. The quantitative estimate of drug-likeness (QED) is 0.505. The summed E-state index contributed by atoms with van der Waals surface area (Å²) < 4.78 is 31.4. The number of sulfonamides is 1. The van der Waals surface area contributed by atoms with E-state index in [0.717, 1.165) is 5.56 Å². The Balaban J connectivity index is 1.98. The number of halogens is 2. The summed E-state index contributed by atoms with van der Waals surface area (Å²) in [6, 6.07) is 5.20. The van der Waals surface area contributed by atoms with Crippen molar-refractivity contribution in [3.05, 3.63) is 33.8 Å². The minimum Gasteiger partial charge on any atom is -0.379 e. The van der Waals surface area contributed by atoms with Crippen molar-refractivity contribution in [3.8, 4) is 0 Å². The van der Waals surface area contributed by atoms with Crippen LogP contribution in [0.4, 0.5) is 0 Å². The van der Waals surface area contributed by atoms with Crippen molar-refractivity contribution < 1.29 is 13.2 Å². The van der Waals surface area contributed by atoms with E-state index in [1.54, 1.807) is 12.1 Å². The predicted octanol–water partition coefficient (Wildman–Crippen LogP) is 2.27. The predicted molar refractivity (Wildman–Crippen MR) is 110 cm³/mol. The van der Waals surface area contributed by atoms with Gasteiger partial charge in [0.25, 0.3) is 0 Å². The Morgan fingerprint density at radius 1 is 1.33 bits per heavy atom. The normalized spacial score (nSPS) is 17.6. The maximum atomic E-state index is 12.4. The summed E-state index contributed by atoms with van der Waals surface area (Å²) >= 11 is 12.2. The van der Waals surface area contributed by atoms with Crippen molar-refractivity contribution >= 4 is 39.2 Å². The van der Waals surface area contributed by atoms with Crippen LogP contribution in [0.25, 0.3) is 0 Å². The van der Waals surface area contributed by atoms with Gasteiger partial charge in [0.2, 0.25) is 10.0 Å². The van der Waals surface area contributed by atoms with Gasteiger partial charge in [0.05, 0.1) is 31.6 Å². The summed E-state index contributed by atoms with van der Waals surface area (Å²) in [5.41, 5.74) is 0.882. The average Bonchev–Trinajstić information content (AvgIpc) is 2.62. The Kier molecular flexibility index (Phi) is 8.62. The molecule has 10 heteroatoms. The van der Waals surface area contributed by atoms with Gasteiger partial charge in [-0.05, 0) is 31.5 Å². The van der Waals surface area contributed by atoms with E-state index in [1.165, 1.54) is 4.31 Å². The smallest absolute Gasteiger partial charge is 0.216 e. The minimum atomic E-state index is -3.33. The number of nitrogens with zero attached hydrogens (tertiary/aromatic N) is 2. The molecule has 1 atom stereocenters. The first kappa shape index (κ1) is 22.2. The monoisotopic (exact) mass is 436 g/mol. The Labute approximate surface area is 171 Å². The molecule has 0 spiro atoms. The standard InChI is InChI=1S/C17H26Cl2N4O3S/c1-3-20-17(22-13(2)15-5-4-14(18)12-16(15)19)21-6-11-27(24,25)23-7-9-26-10-8-23/h4-5,12-13H,3,6-11H2,1-2H3,(H2,20,21,22). The van der Waals surface area contributed by atoms with Gasteiger partial charge in [-0.3, -0.25) is 4.99 Å². The molecule has 1 aliphatic rings. The topological polar surface area (TPSA) is 83.0 Å². The lowest BCUT2D eigenvalue weighted by Crippen LogP contribution is -2.43. The van der Waals surface area contributed by atoms with Gasteiger partial charge in [-0.15, -0.1) is 0 Å². The Hall–Kier alpha value is -1.06. The zero-order valence-corrected chi connectivity index (χ0v) is 17.9. The molecule has 1 aromatic carbocycles. The maximum Gasteiger partial charge on any atom is 0.216 e. The van der Waals surface area contributed by atoms with E-state index in [1.807, 2.05) is 19.9 Å². The zero-order valence-electron chi connectivity index (χ0n) is 15.5. The number of rotatable bonds is 7. The van der Waals surface area contributed by atoms with Gasteiger partial charge < -0.3 is 15.4 Å². The number of hydrogen-bond acceptors (Lipinski definition) is 4. The van der Waals surface area contributed by atoms with Crippen molar-refractivity contribution in [2.75, 3.05) is 45.1 Å². The molecule has 0 aliphatic carbocycles. The molecule has 1 saturated heterocycles. The lowest BCUT2D eigenvalue weighted by atomic mass is 10.1. The lowest BCUT2D eigenvalue weighted by Gasteiger charge is -2.25. The molecule has 0 bridgehead atoms. The van der Waals surface area contributed by atoms with E-state index in [-0.39, 0.29) is 18.3 Å². The fourth-order valence-corrected chi connectivity index (χ4v) is 4.54. The highest BCUT2D eigenvalue weighted by Gasteiger charge is 2.23. The number of morpholine rings is 1. The molecule has 27 heavy (non-hydrogen) atoms. The summed E-state index contributed by atoms with van der Waals surface area (Å²) in [4.78, 5) is 4.39. The Morgan fingerprint density at radius 2 is 2.04 bits per heavy atom. The van der Waals surface area contributed by atoms with Crippen molar-refractivity contribution in [2.24, 2.45) is 4.99 Å². The van der Waals surface area contributed by atoms with Crippen LogP contribution in [0.2, 0.25) is 10.0 Å². The molecule has 1 fully saturated rings. The highest BCUT2D eigenvalue weighted by molar-refractivity contribution is 7.89. The second kappa shape index (κ2) is 10.5. The van der Waals surface area contributed by atoms with Crippen LogP contribution in [0.1, 0.15) is 25.5 Å². The van der Waals surface area contributed by atoms with Gasteiger partial charge >= 0.3 is 0 Å². The first-order chi connectivity index (χ1) is 12.8. The Bertz CT molecular complexity index is 753. The largest absolute Gasteiger partial charge is 0.379 e. The van der Waals surface area contributed by atoms with Crippen molar-refractivity contribution in [1.82, 2.24) is 14.9 Å². The van der Waals surface area contributed by atoms with Gasteiger partial charge in [0.1, 0.15) is 0 Å². The molecule has 7 nitrogen and oxygen atoms in total. The van der Waals surface area contributed by atoms with Crippen LogP contribution in [-0.2, 0) is 14.8 Å². The zero-order chi connectivity index (χ0) is 19.9. The summed E-state index contributed by atoms with van der Waals surface area (Å²) in [6.45, 7) is 6.39. The van der Waals surface area contributed by atoms with Crippen molar-refractivity contribution in [2.45, 2.75) is 19.9 Å². The molecular formula is C17H26Cl2N4O3S. The molecule has 0 aromatic heterocycles. The van der Waals surface area contributed by atoms with E-state index in [0.29, 0.717) is 48.9 Å². The molecule has 0 saturated carbocycles. The maximum absolute atomic E-state index is 12.4. The van der Waals surface area contributed by atoms with Crippen LogP contribution in [-0.4, -0.2) is 63.8 Å². The van der Waals surface area contributed by atoms with E-state index in [4.69, 9.17) is 27.9 Å². The number of guanidine groups is 1. The lowest BCUT2D eigenvalue weighted by molar-refractivity contribution is 0.0731. The molecule has 152 valence electrons. The summed E-state index contributed by atoms with van der Waals surface area (Å²) in [5, 5.41) is 7.50. The molecule has 1 heterocycles. The number of ether oxygens (including phenoxy) is 1. The van der Waals surface area contributed by atoms with Crippen LogP contribution in [0.5, 0.6) is 0 Å².